The molecule has 0 unspecified atom stereocenters. The Labute approximate surface area is 124 Å². The van der Waals surface area contributed by atoms with Gasteiger partial charge in [0.05, 0.1) is 0 Å². The maximum atomic E-state index is 12.2. The maximum absolute atomic E-state index is 12.2. The second kappa shape index (κ2) is 6.31. The lowest BCUT2D eigenvalue weighted by molar-refractivity contribution is -0.122. The van der Waals surface area contributed by atoms with Gasteiger partial charge in [-0.05, 0) is 50.6 Å². The topological polar surface area (TPSA) is 64.3 Å². The number of aryl methyl sites for hydroxylation is 1. The zero-order valence-corrected chi connectivity index (χ0v) is 12.5. The summed E-state index contributed by atoms with van der Waals surface area (Å²) in [5, 5.41) is 2.84. The number of carbonyl (C=O) groups is 1. The van der Waals surface area contributed by atoms with Crippen molar-refractivity contribution in [3.05, 3.63) is 53.6 Å². The summed E-state index contributed by atoms with van der Waals surface area (Å²) in [6.45, 7) is 5.59. The molecule has 2 aromatic carbocycles. The normalized spacial score (nSPS) is 11.8. The Balaban J connectivity index is 2.02. The van der Waals surface area contributed by atoms with Crippen molar-refractivity contribution in [3.8, 4) is 5.75 Å². The summed E-state index contributed by atoms with van der Waals surface area (Å²) in [7, 11) is 0. The number of anilines is 2. The van der Waals surface area contributed by atoms with Gasteiger partial charge in [-0.2, -0.15) is 0 Å². The van der Waals surface area contributed by atoms with Gasteiger partial charge in [0.1, 0.15) is 5.75 Å². The Kier molecular flexibility index (Phi) is 4.48. The molecule has 4 nitrogen and oxygen atoms in total. The smallest absolute Gasteiger partial charge is 0.265 e. The van der Waals surface area contributed by atoms with Crippen LogP contribution in [0.4, 0.5) is 11.4 Å². The fraction of sp³-hybridized carbons (Fsp3) is 0.235. The molecule has 2 aromatic rings. The van der Waals surface area contributed by atoms with Gasteiger partial charge in [-0.1, -0.05) is 23.8 Å². The van der Waals surface area contributed by atoms with Crippen LogP contribution in [-0.4, -0.2) is 12.0 Å². The molecule has 1 amide bonds. The molecule has 0 radical (unpaired) electrons. The summed E-state index contributed by atoms with van der Waals surface area (Å²) in [6, 6.07) is 13.0. The Morgan fingerprint density at radius 2 is 1.81 bits per heavy atom. The van der Waals surface area contributed by atoms with Gasteiger partial charge in [-0.3, -0.25) is 4.79 Å². The van der Waals surface area contributed by atoms with Crippen LogP contribution in [-0.2, 0) is 4.79 Å². The van der Waals surface area contributed by atoms with Crippen LogP contribution in [0.25, 0.3) is 0 Å². The molecule has 3 N–H and O–H groups in total. The van der Waals surface area contributed by atoms with Gasteiger partial charge >= 0.3 is 0 Å². The van der Waals surface area contributed by atoms with Crippen molar-refractivity contribution >= 4 is 17.3 Å². The van der Waals surface area contributed by atoms with Crippen LogP contribution in [0.5, 0.6) is 5.75 Å². The zero-order valence-electron chi connectivity index (χ0n) is 12.5. The molecule has 0 aliphatic carbocycles. The van der Waals surface area contributed by atoms with E-state index in [1.165, 1.54) is 0 Å². The lowest BCUT2D eigenvalue weighted by Gasteiger charge is -2.16. The first kappa shape index (κ1) is 14.9. The molecule has 0 aliphatic heterocycles. The minimum atomic E-state index is -0.589. The van der Waals surface area contributed by atoms with Gasteiger partial charge < -0.3 is 15.8 Å². The van der Waals surface area contributed by atoms with Crippen LogP contribution in [0.3, 0.4) is 0 Å². The van der Waals surface area contributed by atoms with Crippen LogP contribution in [0, 0.1) is 13.8 Å². The highest BCUT2D eigenvalue weighted by Gasteiger charge is 2.16. The molecule has 0 saturated heterocycles. The average Bonchev–Trinajstić information content (AvgIpc) is 2.46. The number of nitrogens with one attached hydrogen (secondary N) is 1. The van der Waals surface area contributed by atoms with Crippen LogP contribution >= 0.6 is 0 Å². The highest BCUT2D eigenvalue weighted by atomic mass is 16.5. The first-order valence-corrected chi connectivity index (χ1v) is 6.86. The Morgan fingerprint density at radius 3 is 2.48 bits per heavy atom. The number of ether oxygens (including phenoxy) is 1. The Hall–Kier alpha value is -2.49. The van der Waals surface area contributed by atoms with Crippen LogP contribution in [0.15, 0.2) is 42.5 Å². The third-order valence-electron chi connectivity index (χ3n) is 3.34. The van der Waals surface area contributed by atoms with E-state index in [-0.39, 0.29) is 5.91 Å². The third-order valence-corrected chi connectivity index (χ3v) is 3.34. The number of benzene rings is 2. The number of nitrogen functional groups attached to an aromatic ring is 1. The summed E-state index contributed by atoms with van der Waals surface area (Å²) in [6.07, 6.45) is -0.589. The number of hydrogen-bond acceptors (Lipinski definition) is 3. The van der Waals surface area contributed by atoms with Crippen molar-refractivity contribution in [2.75, 3.05) is 11.1 Å². The van der Waals surface area contributed by atoms with Gasteiger partial charge in [-0.15, -0.1) is 0 Å². The number of rotatable bonds is 4. The maximum Gasteiger partial charge on any atom is 0.265 e. The minimum Gasteiger partial charge on any atom is -0.481 e. The predicted molar refractivity (Wildman–Crippen MR) is 85.5 cm³/mol. The van der Waals surface area contributed by atoms with Crippen LogP contribution in [0.1, 0.15) is 18.1 Å². The summed E-state index contributed by atoms with van der Waals surface area (Å²) < 4.78 is 5.63. The van der Waals surface area contributed by atoms with E-state index in [0.29, 0.717) is 17.1 Å². The van der Waals surface area contributed by atoms with Crippen molar-refractivity contribution in [2.45, 2.75) is 26.9 Å². The second-order valence-corrected chi connectivity index (χ2v) is 5.08. The largest absolute Gasteiger partial charge is 0.481 e. The van der Waals surface area contributed by atoms with E-state index in [9.17, 15) is 4.79 Å². The number of carbonyl (C=O) groups excluding carboxylic acids is 1. The van der Waals surface area contributed by atoms with E-state index >= 15 is 0 Å². The number of hydrogen-bond donors (Lipinski definition) is 2. The van der Waals surface area contributed by atoms with E-state index in [2.05, 4.69) is 5.32 Å². The average molecular weight is 284 g/mol. The van der Waals surface area contributed by atoms with E-state index < -0.39 is 6.10 Å². The summed E-state index contributed by atoms with van der Waals surface area (Å²) >= 11 is 0. The standard InChI is InChI=1S/C17H20N2O2/c1-11-7-9-14(10-8-11)21-13(3)17(20)19-16-6-4-5-15(18)12(16)2/h4-10,13H,18H2,1-3H3,(H,19,20)/t13-/m0/s1. The van der Waals surface area contributed by atoms with Crippen LogP contribution < -0.4 is 15.8 Å². The molecule has 0 aromatic heterocycles. The zero-order chi connectivity index (χ0) is 15.4. The highest BCUT2D eigenvalue weighted by molar-refractivity contribution is 5.95. The molecular formula is C17H20N2O2. The molecule has 0 fully saturated rings. The SMILES string of the molecule is Cc1ccc(O[C@@H](C)C(=O)Nc2cccc(N)c2C)cc1. The van der Waals surface area contributed by atoms with Gasteiger partial charge in [0.2, 0.25) is 0 Å². The molecule has 2 rings (SSSR count). The van der Waals surface area contributed by atoms with Gasteiger partial charge in [0.15, 0.2) is 6.10 Å². The predicted octanol–water partition coefficient (Wildman–Crippen LogP) is 3.29. The van der Waals surface area contributed by atoms with E-state index in [1.807, 2.05) is 50.2 Å². The van der Waals surface area contributed by atoms with Crippen LogP contribution in [0.2, 0.25) is 0 Å². The first-order chi connectivity index (χ1) is 9.97. The van der Waals surface area contributed by atoms with E-state index in [1.54, 1.807) is 13.0 Å². The summed E-state index contributed by atoms with van der Waals surface area (Å²) in [5.74, 6) is 0.469. The van der Waals surface area contributed by atoms with Gasteiger partial charge in [0, 0.05) is 11.4 Å². The minimum absolute atomic E-state index is 0.204. The molecule has 110 valence electrons. The van der Waals surface area contributed by atoms with Crippen molar-refractivity contribution < 1.29 is 9.53 Å². The van der Waals surface area contributed by atoms with Gasteiger partial charge in [-0.25, -0.2) is 0 Å². The molecule has 0 aliphatic rings. The monoisotopic (exact) mass is 284 g/mol. The van der Waals surface area contributed by atoms with Crippen molar-refractivity contribution in [1.29, 1.82) is 0 Å². The molecule has 0 spiro atoms. The lowest BCUT2D eigenvalue weighted by atomic mass is 10.1. The van der Waals surface area contributed by atoms with Crippen molar-refractivity contribution in [1.82, 2.24) is 0 Å². The highest BCUT2D eigenvalue weighted by Crippen LogP contribution is 2.21. The van der Waals surface area contributed by atoms with Gasteiger partial charge in [0.25, 0.3) is 5.91 Å². The molecule has 1 atom stereocenters. The Morgan fingerprint density at radius 1 is 1.14 bits per heavy atom. The fourth-order valence-corrected chi connectivity index (χ4v) is 1.90. The Bertz CT molecular complexity index is 636. The second-order valence-electron chi connectivity index (χ2n) is 5.08. The third kappa shape index (κ3) is 3.75. The summed E-state index contributed by atoms with van der Waals surface area (Å²) in [5.41, 5.74) is 9.19. The molecule has 0 bridgehead atoms. The fourth-order valence-electron chi connectivity index (χ4n) is 1.90. The van der Waals surface area contributed by atoms with E-state index in [4.69, 9.17) is 10.5 Å². The quantitative estimate of drug-likeness (QED) is 0.847. The molecule has 21 heavy (non-hydrogen) atoms. The molecule has 0 saturated carbocycles. The molecular weight excluding hydrogens is 264 g/mol. The number of nitrogens with two attached hydrogens (primary N) is 1. The van der Waals surface area contributed by atoms with Crippen molar-refractivity contribution in [2.24, 2.45) is 0 Å². The lowest BCUT2D eigenvalue weighted by Crippen LogP contribution is -2.30. The van der Waals surface area contributed by atoms with E-state index in [0.717, 1.165) is 11.1 Å². The number of amides is 1. The molecule has 0 heterocycles. The molecule has 4 heteroatoms. The first-order valence-electron chi connectivity index (χ1n) is 6.86. The van der Waals surface area contributed by atoms with Crippen molar-refractivity contribution in [3.63, 3.8) is 0 Å². The summed E-state index contributed by atoms with van der Waals surface area (Å²) in [4.78, 5) is 12.2.